The summed E-state index contributed by atoms with van der Waals surface area (Å²) in [7, 11) is 1.72. The minimum atomic E-state index is 0.615. The van der Waals surface area contributed by atoms with Crippen molar-refractivity contribution in [2.45, 2.75) is 58.0 Å². The van der Waals surface area contributed by atoms with Gasteiger partial charge in [-0.25, -0.2) is 0 Å². The summed E-state index contributed by atoms with van der Waals surface area (Å²) >= 11 is 0. The molecule has 0 saturated heterocycles. The molecule has 0 aliphatic heterocycles. The lowest BCUT2D eigenvalue weighted by Gasteiger charge is -2.23. The van der Waals surface area contributed by atoms with Crippen LogP contribution in [0.1, 0.15) is 51.0 Å². The number of hydrogen-bond acceptors (Lipinski definition) is 2. The number of nitrogens with one attached hydrogen (secondary N) is 1. The summed E-state index contributed by atoms with van der Waals surface area (Å²) < 4.78 is 5.27. The Bertz CT molecular complexity index is 369. The molecule has 1 aromatic carbocycles. The molecule has 0 bridgehead atoms. The molecule has 106 valence electrons. The topological polar surface area (TPSA) is 21.3 Å². The van der Waals surface area contributed by atoms with Crippen LogP contribution in [0.15, 0.2) is 24.3 Å². The molecule has 0 radical (unpaired) electrons. The van der Waals surface area contributed by atoms with Crippen LogP contribution in [0.2, 0.25) is 0 Å². The molecule has 0 unspecified atom stereocenters. The monoisotopic (exact) mass is 261 g/mol. The highest BCUT2D eigenvalue weighted by Gasteiger charge is 2.18. The van der Waals surface area contributed by atoms with Crippen LogP contribution in [0.3, 0.4) is 0 Å². The highest BCUT2D eigenvalue weighted by molar-refractivity contribution is 5.28. The second kappa shape index (κ2) is 7.54. The van der Waals surface area contributed by atoms with Crippen LogP contribution in [0.25, 0.3) is 0 Å². The lowest BCUT2D eigenvalue weighted by atomic mass is 9.93. The van der Waals surface area contributed by atoms with Crippen LogP contribution >= 0.6 is 0 Å². The Morgan fingerprint density at radius 1 is 1.21 bits per heavy atom. The van der Waals surface area contributed by atoms with E-state index >= 15 is 0 Å². The lowest BCUT2D eigenvalue weighted by molar-refractivity contribution is 0.336. The fourth-order valence-electron chi connectivity index (χ4n) is 3.04. The van der Waals surface area contributed by atoms with E-state index in [1.54, 1.807) is 7.11 Å². The van der Waals surface area contributed by atoms with E-state index in [0.717, 1.165) is 18.2 Å². The summed E-state index contributed by atoms with van der Waals surface area (Å²) in [6, 6.07) is 8.95. The first kappa shape index (κ1) is 14.4. The first-order chi connectivity index (χ1) is 9.29. The zero-order valence-electron chi connectivity index (χ0n) is 12.3. The van der Waals surface area contributed by atoms with Crippen molar-refractivity contribution < 1.29 is 4.74 Å². The second-order valence-corrected chi connectivity index (χ2v) is 5.77. The van der Waals surface area contributed by atoms with E-state index in [1.807, 2.05) is 6.07 Å². The molecule has 0 amide bonds. The first-order valence-electron chi connectivity index (χ1n) is 7.66. The minimum absolute atomic E-state index is 0.615. The van der Waals surface area contributed by atoms with Gasteiger partial charge in [0, 0.05) is 12.6 Å². The van der Waals surface area contributed by atoms with Crippen LogP contribution < -0.4 is 10.1 Å². The van der Waals surface area contributed by atoms with E-state index in [2.05, 4.69) is 30.4 Å². The van der Waals surface area contributed by atoms with Gasteiger partial charge >= 0.3 is 0 Å². The average molecular weight is 261 g/mol. The molecule has 2 rings (SSSR count). The number of hydrogen-bond donors (Lipinski definition) is 1. The van der Waals surface area contributed by atoms with E-state index < -0.39 is 0 Å². The van der Waals surface area contributed by atoms with Crippen molar-refractivity contribution in [1.82, 2.24) is 5.32 Å². The lowest BCUT2D eigenvalue weighted by Crippen LogP contribution is -2.32. The average Bonchev–Trinajstić information content (AvgIpc) is 2.74. The molecule has 1 aromatic rings. The molecule has 1 fully saturated rings. The SMILES string of the molecule is COc1cccc(CN[C@@H](C)C2CCCCCC2)c1. The van der Waals surface area contributed by atoms with Gasteiger partial charge < -0.3 is 10.1 Å². The summed E-state index contributed by atoms with van der Waals surface area (Å²) in [5.41, 5.74) is 1.31. The van der Waals surface area contributed by atoms with Gasteiger partial charge in [0.25, 0.3) is 0 Å². The Labute approximate surface area is 117 Å². The number of benzene rings is 1. The fraction of sp³-hybridized carbons (Fsp3) is 0.647. The third-order valence-corrected chi connectivity index (χ3v) is 4.37. The van der Waals surface area contributed by atoms with Crippen LogP contribution in [-0.2, 0) is 6.54 Å². The molecule has 1 N–H and O–H groups in total. The van der Waals surface area contributed by atoms with Gasteiger partial charge in [-0.2, -0.15) is 0 Å². The zero-order chi connectivity index (χ0) is 13.5. The third-order valence-electron chi connectivity index (χ3n) is 4.37. The standard InChI is InChI=1S/C17H27NO/c1-14(16-9-5-3-4-6-10-16)18-13-15-8-7-11-17(12-15)19-2/h7-8,11-12,14,16,18H,3-6,9-10,13H2,1-2H3/t14-/m0/s1. The molecule has 19 heavy (non-hydrogen) atoms. The molecule has 1 aliphatic rings. The van der Waals surface area contributed by atoms with Gasteiger partial charge in [-0.15, -0.1) is 0 Å². The Morgan fingerprint density at radius 2 is 1.95 bits per heavy atom. The largest absolute Gasteiger partial charge is 0.497 e. The van der Waals surface area contributed by atoms with Crippen molar-refractivity contribution in [2.24, 2.45) is 5.92 Å². The predicted molar refractivity (Wildman–Crippen MR) is 80.5 cm³/mol. The van der Waals surface area contributed by atoms with Gasteiger partial charge in [0.2, 0.25) is 0 Å². The molecule has 0 spiro atoms. The molecule has 1 saturated carbocycles. The molecular weight excluding hydrogens is 234 g/mol. The maximum atomic E-state index is 5.27. The normalized spacial score (nSPS) is 18.8. The van der Waals surface area contributed by atoms with Crippen molar-refractivity contribution in [3.05, 3.63) is 29.8 Å². The molecular formula is C17H27NO. The van der Waals surface area contributed by atoms with E-state index in [1.165, 1.54) is 44.1 Å². The maximum Gasteiger partial charge on any atom is 0.119 e. The summed E-state index contributed by atoms with van der Waals surface area (Å²) in [5.74, 6) is 1.80. The van der Waals surface area contributed by atoms with Gasteiger partial charge in [0.05, 0.1) is 7.11 Å². The number of ether oxygens (including phenoxy) is 1. The van der Waals surface area contributed by atoms with Crippen molar-refractivity contribution in [1.29, 1.82) is 0 Å². The third kappa shape index (κ3) is 4.54. The molecule has 2 nitrogen and oxygen atoms in total. The molecule has 1 atom stereocenters. The Morgan fingerprint density at radius 3 is 2.63 bits per heavy atom. The summed E-state index contributed by atoms with van der Waals surface area (Å²) in [5, 5.41) is 3.69. The number of methoxy groups -OCH3 is 1. The maximum absolute atomic E-state index is 5.27. The quantitative estimate of drug-likeness (QED) is 0.804. The Balaban J connectivity index is 1.83. The van der Waals surface area contributed by atoms with E-state index in [4.69, 9.17) is 4.74 Å². The van der Waals surface area contributed by atoms with Crippen LogP contribution in [0, 0.1) is 5.92 Å². The van der Waals surface area contributed by atoms with Crippen molar-refractivity contribution in [3.63, 3.8) is 0 Å². The van der Waals surface area contributed by atoms with Gasteiger partial charge in [0.1, 0.15) is 5.75 Å². The van der Waals surface area contributed by atoms with Gasteiger partial charge in [0.15, 0.2) is 0 Å². The first-order valence-corrected chi connectivity index (χ1v) is 7.66. The van der Waals surface area contributed by atoms with Crippen molar-refractivity contribution >= 4 is 0 Å². The second-order valence-electron chi connectivity index (χ2n) is 5.77. The number of rotatable bonds is 5. The summed E-state index contributed by atoms with van der Waals surface area (Å²) in [4.78, 5) is 0. The van der Waals surface area contributed by atoms with Crippen LogP contribution in [-0.4, -0.2) is 13.2 Å². The highest BCUT2D eigenvalue weighted by atomic mass is 16.5. The molecule has 2 heteroatoms. The summed E-state index contributed by atoms with van der Waals surface area (Å²) in [6.07, 6.45) is 8.47. The summed E-state index contributed by atoms with van der Waals surface area (Å²) in [6.45, 7) is 3.28. The molecule has 1 aliphatic carbocycles. The van der Waals surface area contributed by atoms with Gasteiger partial charge in [-0.1, -0.05) is 37.8 Å². The van der Waals surface area contributed by atoms with Crippen LogP contribution in [0.4, 0.5) is 0 Å². The van der Waals surface area contributed by atoms with E-state index in [0.29, 0.717) is 6.04 Å². The van der Waals surface area contributed by atoms with Crippen molar-refractivity contribution in [2.75, 3.05) is 7.11 Å². The molecule has 0 aromatic heterocycles. The van der Waals surface area contributed by atoms with Crippen LogP contribution in [0.5, 0.6) is 5.75 Å². The minimum Gasteiger partial charge on any atom is -0.497 e. The Kier molecular flexibility index (Phi) is 5.71. The fourth-order valence-corrected chi connectivity index (χ4v) is 3.04. The molecule has 0 heterocycles. The zero-order valence-corrected chi connectivity index (χ0v) is 12.3. The van der Waals surface area contributed by atoms with E-state index in [9.17, 15) is 0 Å². The van der Waals surface area contributed by atoms with E-state index in [-0.39, 0.29) is 0 Å². The smallest absolute Gasteiger partial charge is 0.119 e. The highest BCUT2D eigenvalue weighted by Crippen LogP contribution is 2.25. The Hall–Kier alpha value is -1.02. The van der Waals surface area contributed by atoms with Gasteiger partial charge in [-0.3, -0.25) is 0 Å². The van der Waals surface area contributed by atoms with Crippen molar-refractivity contribution in [3.8, 4) is 5.75 Å². The van der Waals surface area contributed by atoms with Gasteiger partial charge in [-0.05, 0) is 43.4 Å². The predicted octanol–water partition coefficient (Wildman–Crippen LogP) is 4.14.